The maximum absolute atomic E-state index is 11.6. The molecule has 1 aliphatic heterocycles. The number of nitrogens with zero attached hydrogens (tertiary/aromatic N) is 2. The zero-order valence-corrected chi connectivity index (χ0v) is 9.46. The first-order chi connectivity index (χ1) is 8.08. The fraction of sp³-hybridized carbons (Fsp3) is 0.600. The van der Waals surface area contributed by atoms with E-state index in [4.69, 9.17) is 5.11 Å². The van der Waals surface area contributed by atoms with Crippen molar-refractivity contribution in [3.8, 4) is 0 Å². The Hall–Kier alpha value is -1.60. The summed E-state index contributed by atoms with van der Waals surface area (Å²) in [6.07, 6.45) is 1.44. The molecule has 2 rings (SSSR count). The van der Waals surface area contributed by atoms with Crippen LogP contribution in [0.3, 0.4) is 0 Å². The van der Waals surface area contributed by atoms with E-state index >= 15 is 0 Å². The average Bonchev–Trinajstić information content (AvgIpc) is 2.25. The van der Waals surface area contributed by atoms with Crippen molar-refractivity contribution in [2.45, 2.75) is 13.0 Å². The molecule has 7 nitrogen and oxygen atoms in total. The van der Waals surface area contributed by atoms with E-state index in [2.05, 4.69) is 4.98 Å². The molecule has 0 bridgehead atoms. The minimum Gasteiger partial charge on any atom is -0.396 e. The van der Waals surface area contributed by atoms with Crippen LogP contribution in [0.1, 0.15) is 5.56 Å². The number of aromatic amines is 1. The Balaban J connectivity index is 2.33. The topological polar surface area (TPSA) is 98.6 Å². The summed E-state index contributed by atoms with van der Waals surface area (Å²) in [7, 11) is 0. The van der Waals surface area contributed by atoms with E-state index in [1.807, 2.05) is 0 Å². The molecule has 7 heteroatoms. The summed E-state index contributed by atoms with van der Waals surface area (Å²) in [6, 6.07) is -0.289. The van der Waals surface area contributed by atoms with E-state index in [0.717, 1.165) is 0 Å². The average molecular weight is 241 g/mol. The van der Waals surface area contributed by atoms with Gasteiger partial charge in [0.15, 0.2) is 0 Å². The molecule has 1 fully saturated rings. The maximum Gasteiger partial charge on any atom is 0.347 e. The van der Waals surface area contributed by atoms with Gasteiger partial charge < -0.3 is 15.2 Å². The van der Waals surface area contributed by atoms with Crippen molar-refractivity contribution in [1.29, 1.82) is 0 Å². The summed E-state index contributed by atoms with van der Waals surface area (Å²) in [5.41, 5.74) is -0.518. The Bertz CT molecular complexity index is 521. The molecule has 1 aliphatic rings. The van der Waals surface area contributed by atoms with Crippen LogP contribution in [-0.4, -0.2) is 45.7 Å². The first-order valence-corrected chi connectivity index (χ1v) is 5.39. The predicted molar refractivity (Wildman–Crippen MR) is 60.6 cm³/mol. The van der Waals surface area contributed by atoms with Gasteiger partial charge in [-0.3, -0.25) is 9.78 Å². The van der Waals surface area contributed by atoms with Gasteiger partial charge in [-0.2, -0.15) is 0 Å². The molecule has 2 heterocycles. The first kappa shape index (κ1) is 11.9. The molecule has 0 amide bonds. The Morgan fingerprint density at radius 3 is 2.71 bits per heavy atom. The Morgan fingerprint density at radius 1 is 1.41 bits per heavy atom. The van der Waals surface area contributed by atoms with Gasteiger partial charge in [0.2, 0.25) is 0 Å². The van der Waals surface area contributed by atoms with E-state index in [1.165, 1.54) is 10.9 Å². The quantitative estimate of drug-likeness (QED) is 0.556. The van der Waals surface area contributed by atoms with E-state index < -0.39 is 11.2 Å². The van der Waals surface area contributed by atoms with Gasteiger partial charge in [0.25, 0.3) is 5.56 Å². The van der Waals surface area contributed by atoms with Gasteiger partial charge >= 0.3 is 5.69 Å². The molecule has 0 spiro atoms. The fourth-order valence-electron chi connectivity index (χ4n) is 2.02. The van der Waals surface area contributed by atoms with Crippen LogP contribution in [0.25, 0.3) is 0 Å². The van der Waals surface area contributed by atoms with Crippen molar-refractivity contribution in [3.05, 3.63) is 32.6 Å². The van der Waals surface area contributed by atoms with Crippen LogP contribution in [0.15, 0.2) is 15.8 Å². The normalized spacial score (nSPS) is 23.6. The molecule has 1 saturated heterocycles. The molecule has 2 atom stereocenters. The van der Waals surface area contributed by atoms with Gasteiger partial charge in [-0.05, 0) is 6.92 Å². The van der Waals surface area contributed by atoms with Crippen molar-refractivity contribution >= 4 is 0 Å². The SMILES string of the molecule is Cc1cn(N2C[C@H](CO)[C@H]2CO)c(=O)[nH]c1=O. The zero-order chi connectivity index (χ0) is 12.6. The number of nitrogens with one attached hydrogen (secondary N) is 1. The van der Waals surface area contributed by atoms with Crippen molar-refractivity contribution in [3.63, 3.8) is 0 Å². The van der Waals surface area contributed by atoms with E-state index in [9.17, 15) is 14.7 Å². The molecule has 0 aliphatic carbocycles. The molecule has 0 unspecified atom stereocenters. The highest BCUT2D eigenvalue weighted by atomic mass is 16.3. The minimum atomic E-state index is -0.532. The maximum atomic E-state index is 11.6. The van der Waals surface area contributed by atoms with Gasteiger partial charge in [-0.25, -0.2) is 9.47 Å². The fourth-order valence-corrected chi connectivity index (χ4v) is 2.02. The number of H-pyrrole nitrogens is 1. The van der Waals surface area contributed by atoms with Gasteiger partial charge in [0.05, 0.1) is 12.6 Å². The van der Waals surface area contributed by atoms with Crippen LogP contribution >= 0.6 is 0 Å². The van der Waals surface area contributed by atoms with E-state index in [1.54, 1.807) is 11.9 Å². The highest BCUT2D eigenvalue weighted by Gasteiger charge is 2.38. The second-order valence-electron chi connectivity index (χ2n) is 4.23. The summed E-state index contributed by atoms with van der Waals surface area (Å²) in [5.74, 6) is -0.0425. The molecule has 3 N–H and O–H groups in total. The second kappa shape index (κ2) is 4.34. The number of hydrogen-bond donors (Lipinski definition) is 3. The van der Waals surface area contributed by atoms with E-state index in [-0.39, 0.29) is 25.2 Å². The Kier molecular flexibility index (Phi) is 3.03. The third-order valence-electron chi connectivity index (χ3n) is 3.15. The molecule has 17 heavy (non-hydrogen) atoms. The lowest BCUT2D eigenvalue weighted by Gasteiger charge is -2.48. The first-order valence-electron chi connectivity index (χ1n) is 5.39. The number of aryl methyl sites for hydroxylation is 1. The third-order valence-corrected chi connectivity index (χ3v) is 3.15. The summed E-state index contributed by atoms with van der Waals surface area (Å²) in [5, 5.41) is 19.9. The molecular weight excluding hydrogens is 226 g/mol. The van der Waals surface area contributed by atoms with Crippen LogP contribution in [0, 0.1) is 12.8 Å². The largest absolute Gasteiger partial charge is 0.396 e. The molecule has 1 aromatic rings. The zero-order valence-electron chi connectivity index (χ0n) is 9.46. The van der Waals surface area contributed by atoms with Crippen molar-refractivity contribution in [2.75, 3.05) is 24.8 Å². The number of rotatable bonds is 3. The lowest BCUT2D eigenvalue weighted by Crippen LogP contribution is -2.67. The summed E-state index contributed by atoms with van der Waals surface area (Å²) < 4.78 is 1.28. The van der Waals surface area contributed by atoms with Crippen molar-refractivity contribution in [2.24, 2.45) is 5.92 Å². The number of aliphatic hydroxyl groups is 2. The van der Waals surface area contributed by atoms with Gasteiger partial charge in [0, 0.05) is 30.8 Å². The van der Waals surface area contributed by atoms with Crippen LogP contribution in [0.2, 0.25) is 0 Å². The molecular formula is C10H15N3O4. The highest BCUT2D eigenvalue weighted by Crippen LogP contribution is 2.21. The summed E-state index contributed by atoms with van der Waals surface area (Å²) >= 11 is 0. The highest BCUT2D eigenvalue weighted by molar-refractivity contribution is 5.12. The van der Waals surface area contributed by atoms with Crippen LogP contribution in [-0.2, 0) is 0 Å². The van der Waals surface area contributed by atoms with E-state index in [0.29, 0.717) is 12.1 Å². The van der Waals surface area contributed by atoms with Gasteiger partial charge in [0.1, 0.15) is 0 Å². The predicted octanol–water partition coefficient (Wildman–Crippen LogP) is -2.23. The molecule has 0 saturated carbocycles. The van der Waals surface area contributed by atoms with Gasteiger partial charge in [-0.15, -0.1) is 0 Å². The van der Waals surface area contributed by atoms with Crippen molar-refractivity contribution < 1.29 is 10.2 Å². The van der Waals surface area contributed by atoms with Crippen molar-refractivity contribution in [1.82, 2.24) is 9.66 Å². The number of aromatic nitrogens is 2. The van der Waals surface area contributed by atoms with Crippen LogP contribution in [0.4, 0.5) is 0 Å². The monoisotopic (exact) mass is 241 g/mol. The van der Waals surface area contributed by atoms with Crippen LogP contribution < -0.4 is 16.3 Å². The molecule has 94 valence electrons. The third kappa shape index (κ3) is 1.87. The molecule has 1 aromatic heterocycles. The lowest BCUT2D eigenvalue weighted by atomic mass is 9.92. The second-order valence-corrected chi connectivity index (χ2v) is 4.23. The minimum absolute atomic E-state index is 0.0290. The number of aliphatic hydroxyl groups excluding tert-OH is 2. The summed E-state index contributed by atoms with van der Waals surface area (Å²) in [6.45, 7) is 1.91. The smallest absolute Gasteiger partial charge is 0.347 e. The Labute approximate surface area is 96.9 Å². The Morgan fingerprint density at radius 2 is 2.12 bits per heavy atom. The number of hydrogen-bond acceptors (Lipinski definition) is 5. The lowest BCUT2D eigenvalue weighted by molar-refractivity contribution is 0.0871. The molecule has 0 aromatic carbocycles. The molecule has 0 radical (unpaired) electrons. The summed E-state index contributed by atoms with van der Waals surface area (Å²) in [4.78, 5) is 25.0. The van der Waals surface area contributed by atoms with Gasteiger partial charge in [-0.1, -0.05) is 0 Å². The standard InChI is InChI=1S/C10H15N3O4/c1-6-2-13(10(17)11-9(6)16)12-3-7(4-14)8(12)5-15/h2,7-8,14-15H,3-5H2,1H3,(H,11,16,17)/t7-,8-/m1/s1. The van der Waals surface area contributed by atoms with Crippen LogP contribution in [0.5, 0.6) is 0 Å².